The highest BCUT2D eigenvalue weighted by molar-refractivity contribution is 5.89. The molecule has 0 saturated carbocycles. The number of ether oxygens (including phenoxy) is 1. The zero-order chi connectivity index (χ0) is 15.4. The Kier molecular flexibility index (Phi) is 4.98. The first-order valence-electron chi connectivity index (χ1n) is 7.03. The highest BCUT2D eigenvalue weighted by atomic mass is 16.5. The molecule has 21 heavy (non-hydrogen) atoms. The summed E-state index contributed by atoms with van der Waals surface area (Å²) in [5, 5.41) is 5.43. The third-order valence-corrected chi connectivity index (χ3v) is 3.71. The zero-order valence-corrected chi connectivity index (χ0v) is 12.6. The fourth-order valence-electron chi connectivity index (χ4n) is 2.45. The molecular weight excluding hydrogens is 272 g/mol. The van der Waals surface area contributed by atoms with Gasteiger partial charge in [-0.05, 0) is 26.0 Å². The van der Waals surface area contributed by atoms with E-state index >= 15 is 0 Å². The largest absolute Gasteiger partial charge is 0.378 e. The van der Waals surface area contributed by atoms with E-state index < -0.39 is 6.03 Å². The van der Waals surface area contributed by atoms with Crippen LogP contribution in [0.3, 0.4) is 0 Å². The molecule has 3 N–H and O–H groups in total. The Bertz CT molecular complexity index is 543. The Balaban J connectivity index is 1.96. The highest BCUT2D eigenvalue weighted by Gasteiger charge is 2.34. The minimum absolute atomic E-state index is 0.0489. The first-order valence-corrected chi connectivity index (χ1v) is 7.03. The number of nitrogens with one attached hydrogen (secondary N) is 3. The molecular formula is C14H22N4O3. The lowest BCUT2D eigenvalue weighted by atomic mass is 10.2. The first-order chi connectivity index (χ1) is 10.0. The summed E-state index contributed by atoms with van der Waals surface area (Å²) in [4.78, 5) is 28.3. The molecule has 116 valence electrons. The summed E-state index contributed by atoms with van der Waals surface area (Å²) in [6.45, 7) is 5.73. The quantitative estimate of drug-likeness (QED) is 0.759. The van der Waals surface area contributed by atoms with Crippen LogP contribution >= 0.6 is 0 Å². The second-order valence-electron chi connectivity index (χ2n) is 5.44. The van der Waals surface area contributed by atoms with Gasteiger partial charge >= 0.3 is 6.03 Å². The summed E-state index contributed by atoms with van der Waals surface area (Å²) >= 11 is 0. The molecule has 2 amide bonds. The number of urea groups is 1. The van der Waals surface area contributed by atoms with Crippen LogP contribution in [0.4, 0.5) is 10.5 Å². The molecule has 1 fully saturated rings. The van der Waals surface area contributed by atoms with Gasteiger partial charge in [-0.1, -0.05) is 0 Å². The Labute approximate surface area is 123 Å². The van der Waals surface area contributed by atoms with E-state index in [9.17, 15) is 9.59 Å². The van der Waals surface area contributed by atoms with Crippen molar-refractivity contribution in [2.45, 2.75) is 32.0 Å². The van der Waals surface area contributed by atoms with Crippen LogP contribution in [0.2, 0.25) is 0 Å². The maximum Gasteiger partial charge on any atom is 0.319 e. The smallest absolute Gasteiger partial charge is 0.319 e. The van der Waals surface area contributed by atoms with Crippen LogP contribution in [0.5, 0.6) is 0 Å². The van der Waals surface area contributed by atoms with E-state index in [4.69, 9.17) is 4.74 Å². The summed E-state index contributed by atoms with van der Waals surface area (Å²) in [5.74, 6) is 0. The van der Waals surface area contributed by atoms with Crippen LogP contribution in [-0.4, -0.2) is 54.3 Å². The number of hydrogen-bond acceptors (Lipinski definition) is 4. The van der Waals surface area contributed by atoms with Crippen LogP contribution in [0.15, 0.2) is 23.1 Å². The van der Waals surface area contributed by atoms with Crippen LogP contribution in [0, 0.1) is 0 Å². The van der Waals surface area contributed by atoms with E-state index in [2.05, 4.69) is 34.4 Å². The standard InChI is InChI=1S/C14H22N4O3/c1-9(2)18-7-11(12(8-18)21-3)17-14(20)16-10-5-4-6-15-13(10)19/h4-6,9,11-12H,7-8H2,1-3H3,(H,15,19)(H2,16,17,20)/t11-,12-/m1/s1. The van der Waals surface area contributed by atoms with Gasteiger partial charge in [-0.15, -0.1) is 0 Å². The van der Waals surface area contributed by atoms with Gasteiger partial charge in [0.1, 0.15) is 5.69 Å². The van der Waals surface area contributed by atoms with E-state index in [1.807, 2.05) is 0 Å². The van der Waals surface area contributed by atoms with Crippen molar-refractivity contribution in [3.63, 3.8) is 0 Å². The Morgan fingerprint density at radius 3 is 2.86 bits per heavy atom. The summed E-state index contributed by atoms with van der Waals surface area (Å²) < 4.78 is 5.43. The molecule has 2 rings (SSSR count). The molecule has 0 spiro atoms. The predicted octanol–water partition coefficient (Wildman–Crippen LogP) is 0.604. The number of likely N-dealkylation sites (tertiary alicyclic amines) is 1. The van der Waals surface area contributed by atoms with Crippen LogP contribution in [0.25, 0.3) is 0 Å². The maximum atomic E-state index is 12.0. The molecule has 1 aromatic rings. The third-order valence-electron chi connectivity index (χ3n) is 3.71. The van der Waals surface area contributed by atoms with Crippen molar-refractivity contribution in [2.24, 2.45) is 0 Å². The molecule has 0 radical (unpaired) electrons. The van der Waals surface area contributed by atoms with Gasteiger partial charge in [0.05, 0.1) is 12.1 Å². The Morgan fingerprint density at radius 2 is 2.24 bits per heavy atom. The normalized spacial score (nSPS) is 22.5. The third kappa shape index (κ3) is 3.83. The second-order valence-corrected chi connectivity index (χ2v) is 5.44. The van der Waals surface area contributed by atoms with Gasteiger partial charge < -0.3 is 20.4 Å². The number of H-pyrrole nitrogens is 1. The first kappa shape index (κ1) is 15.5. The summed E-state index contributed by atoms with van der Waals surface area (Å²) in [6, 6.07) is 3.12. The summed E-state index contributed by atoms with van der Waals surface area (Å²) in [5.41, 5.74) is -0.103. The lowest BCUT2D eigenvalue weighted by Gasteiger charge is -2.20. The lowest BCUT2D eigenvalue weighted by Crippen LogP contribution is -2.46. The van der Waals surface area contributed by atoms with Crippen molar-refractivity contribution < 1.29 is 9.53 Å². The average molecular weight is 294 g/mol. The molecule has 0 aliphatic carbocycles. The van der Waals surface area contributed by atoms with E-state index in [-0.39, 0.29) is 23.4 Å². The van der Waals surface area contributed by atoms with Gasteiger partial charge in [0.2, 0.25) is 0 Å². The molecule has 0 aromatic carbocycles. The fraction of sp³-hybridized carbons (Fsp3) is 0.571. The van der Waals surface area contributed by atoms with Crippen molar-refractivity contribution in [1.82, 2.24) is 15.2 Å². The average Bonchev–Trinajstić information content (AvgIpc) is 2.84. The van der Waals surface area contributed by atoms with Gasteiger partial charge in [-0.25, -0.2) is 4.79 Å². The number of carbonyl (C=O) groups is 1. The number of rotatable bonds is 4. The molecule has 1 aliphatic heterocycles. The fourth-order valence-corrected chi connectivity index (χ4v) is 2.45. The number of amides is 2. The number of pyridine rings is 1. The van der Waals surface area contributed by atoms with Crippen molar-refractivity contribution in [2.75, 3.05) is 25.5 Å². The van der Waals surface area contributed by atoms with E-state index in [0.717, 1.165) is 13.1 Å². The van der Waals surface area contributed by atoms with E-state index in [1.165, 1.54) is 6.20 Å². The molecule has 0 unspecified atom stereocenters. The minimum Gasteiger partial charge on any atom is -0.378 e. The molecule has 1 aromatic heterocycles. The Morgan fingerprint density at radius 1 is 1.48 bits per heavy atom. The summed E-state index contributed by atoms with van der Waals surface area (Å²) in [6.07, 6.45) is 1.47. The molecule has 0 bridgehead atoms. The van der Waals surface area contributed by atoms with Crippen LogP contribution in [-0.2, 0) is 4.74 Å². The highest BCUT2D eigenvalue weighted by Crippen LogP contribution is 2.15. The lowest BCUT2D eigenvalue weighted by molar-refractivity contribution is 0.0896. The van der Waals surface area contributed by atoms with Crippen LogP contribution < -0.4 is 16.2 Å². The van der Waals surface area contributed by atoms with Crippen molar-refractivity contribution in [3.05, 3.63) is 28.7 Å². The van der Waals surface area contributed by atoms with Gasteiger partial charge in [0, 0.05) is 32.4 Å². The predicted molar refractivity (Wildman–Crippen MR) is 80.5 cm³/mol. The molecule has 7 nitrogen and oxygen atoms in total. The number of nitrogens with zero attached hydrogens (tertiary/aromatic N) is 1. The topological polar surface area (TPSA) is 86.5 Å². The number of methoxy groups -OCH3 is 1. The molecule has 1 saturated heterocycles. The molecule has 7 heteroatoms. The van der Waals surface area contributed by atoms with Crippen molar-refractivity contribution >= 4 is 11.7 Å². The van der Waals surface area contributed by atoms with E-state index in [0.29, 0.717) is 6.04 Å². The van der Waals surface area contributed by atoms with E-state index in [1.54, 1.807) is 19.2 Å². The van der Waals surface area contributed by atoms with Gasteiger partial charge in [0.25, 0.3) is 5.56 Å². The van der Waals surface area contributed by atoms with Crippen LogP contribution in [0.1, 0.15) is 13.8 Å². The summed E-state index contributed by atoms with van der Waals surface area (Å²) in [7, 11) is 1.64. The Hall–Kier alpha value is -1.86. The number of aromatic amines is 1. The van der Waals surface area contributed by atoms with Gasteiger partial charge in [0.15, 0.2) is 0 Å². The van der Waals surface area contributed by atoms with Crippen molar-refractivity contribution in [1.29, 1.82) is 0 Å². The number of anilines is 1. The SMILES string of the molecule is CO[C@@H]1CN(C(C)C)C[C@H]1NC(=O)Nc1ccc[nH]c1=O. The van der Waals surface area contributed by atoms with Crippen molar-refractivity contribution in [3.8, 4) is 0 Å². The molecule has 2 heterocycles. The molecule has 1 aliphatic rings. The maximum absolute atomic E-state index is 12.0. The number of carbonyl (C=O) groups excluding carboxylic acids is 1. The minimum atomic E-state index is -0.399. The number of hydrogen-bond donors (Lipinski definition) is 3. The van der Waals surface area contributed by atoms with Gasteiger partial charge in [-0.2, -0.15) is 0 Å². The van der Waals surface area contributed by atoms with Gasteiger partial charge in [-0.3, -0.25) is 9.69 Å². The monoisotopic (exact) mass is 294 g/mol. The zero-order valence-electron chi connectivity index (χ0n) is 12.6. The second kappa shape index (κ2) is 6.73. The molecule has 2 atom stereocenters. The number of aromatic nitrogens is 1.